The summed E-state index contributed by atoms with van der Waals surface area (Å²) in [6, 6.07) is 5.46. The first kappa shape index (κ1) is 20.4. The molecule has 0 radical (unpaired) electrons. The van der Waals surface area contributed by atoms with E-state index in [1.54, 1.807) is 12.1 Å². The second-order valence-corrected chi connectivity index (χ2v) is 6.13. The predicted molar refractivity (Wildman–Crippen MR) is 96.1 cm³/mol. The van der Waals surface area contributed by atoms with Crippen molar-refractivity contribution in [2.24, 2.45) is 0 Å². The molecule has 0 aliphatic rings. The monoisotopic (exact) mass is 410 g/mol. The Morgan fingerprint density at radius 3 is 2.38 bits per heavy atom. The molecule has 0 spiro atoms. The van der Waals surface area contributed by atoms with Gasteiger partial charge in [0, 0.05) is 5.56 Å². The van der Waals surface area contributed by atoms with E-state index in [4.69, 9.17) is 18.6 Å². The molecular weight excluding hydrogens is 393 g/mol. The molecule has 1 aromatic carbocycles. The first-order valence-electron chi connectivity index (χ1n) is 8.42. The van der Waals surface area contributed by atoms with Crippen molar-refractivity contribution in [3.63, 3.8) is 0 Å². The molecule has 154 valence electrons. The Hall–Kier alpha value is -3.30. The molecule has 2 heterocycles. The van der Waals surface area contributed by atoms with Gasteiger partial charge in [-0.2, -0.15) is 18.2 Å². The van der Waals surface area contributed by atoms with Crippen LogP contribution in [0.3, 0.4) is 0 Å². The summed E-state index contributed by atoms with van der Waals surface area (Å²) in [5.74, 6) is 0.418. The fourth-order valence-corrected chi connectivity index (χ4v) is 2.54. The number of aromatic nitrogens is 2. The lowest BCUT2D eigenvalue weighted by Gasteiger charge is -2.11. The molecule has 3 aromatic rings. The number of hydrogen-bond acceptors (Lipinski definition) is 7. The van der Waals surface area contributed by atoms with Crippen LogP contribution in [-0.2, 0) is 11.0 Å². The van der Waals surface area contributed by atoms with Crippen molar-refractivity contribution in [2.45, 2.75) is 26.1 Å². The van der Waals surface area contributed by atoms with E-state index in [-0.39, 0.29) is 17.2 Å². The molecule has 1 unspecified atom stereocenters. The van der Waals surface area contributed by atoms with Gasteiger partial charge in [-0.3, -0.25) is 4.79 Å². The Kier molecular flexibility index (Phi) is 5.36. The molecule has 0 aliphatic carbocycles. The van der Waals surface area contributed by atoms with Gasteiger partial charge in [-0.25, -0.2) is 4.98 Å². The second kappa shape index (κ2) is 7.61. The Morgan fingerprint density at radius 1 is 1.10 bits per heavy atom. The van der Waals surface area contributed by atoms with Gasteiger partial charge in [0.05, 0.1) is 25.5 Å². The number of carbonyl (C=O) groups excluding carboxylic acids is 1. The smallest absolute Gasteiger partial charge is 0.418 e. The molecule has 0 saturated carbocycles. The number of halogens is 3. The van der Waals surface area contributed by atoms with Crippen molar-refractivity contribution in [1.29, 1.82) is 0 Å². The van der Waals surface area contributed by atoms with Gasteiger partial charge >= 0.3 is 12.3 Å². The molecular formula is C19H17F3N2O5. The number of alkyl halides is 3. The number of methoxy groups -OCH3 is 2. The molecule has 1 atom stereocenters. The van der Waals surface area contributed by atoms with Crippen molar-refractivity contribution in [3.05, 3.63) is 29.8 Å². The van der Waals surface area contributed by atoms with Gasteiger partial charge in [-0.05, 0) is 38.1 Å². The predicted octanol–water partition coefficient (Wildman–Crippen LogP) is 4.28. The number of fused-ring (bicyclic) bond motifs is 1. The van der Waals surface area contributed by atoms with E-state index in [0.29, 0.717) is 17.1 Å². The van der Waals surface area contributed by atoms with Crippen molar-refractivity contribution in [2.75, 3.05) is 14.2 Å². The highest BCUT2D eigenvalue weighted by atomic mass is 19.4. The largest absolute Gasteiger partial charge is 0.493 e. The SMILES string of the molecule is COc1ccc(-c2cc(C(F)(F)F)c3nc(OC(C)C(C)=O)oc3n2)cc1OC. The Balaban J connectivity index is 2.15. The number of pyridine rings is 1. The Morgan fingerprint density at radius 2 is 1.79 bits per heavy atom. The third kappa shape index (κ3) is 4.10. The van der Waals surface area contributed by atoms with Crippen LogP contribution in [-0.4, -0.2) is 36.1 Å². The van der Waals surface area contributed by atoms with Gasteiger partial charge in [0.2, 0.25) is 0 Å². The zero-order valence-electron chi connectivity index (χ0n) is 16.0. The van der Waals surface area contributed by atoms with Crippen LogP contribution in [0.15, 0.2) is 28.7 Å². The minimum Gasteiger partial charge on any atom is -0.493 e. The lowest BCUT2D eigenvalue weighted by Crippen LogP contribution is -2.20. The summed E-state index contributed by atoms with van der Waals surface area (Å²) in [6.45, 7) is 2.71. The Labute approximate surface area is 163 Å². The van der Waals surface area contributed by atoms with Crippen LogP contribution < -0.4 is 14.2 Å². The normalized spacial score (nSPS) is 12.7. The first-order chi connectivity index (χ1) is 13.6. The highest BCUT2D eigenvalue weighted by Gasteiger charge is 2.36. The molecule has 0 fully saturated rings. The average molecular weight is 410 g/mol. The zero-order chi connectivity index (χ0) is 21.3. The van der Waals surface area contributed by atoms with Gasteiger partial charge in [0.15, 0.2) is 23.4 Å². The first-order valence-corrected chi connectivity index (χ1v) is 8.42. The lowest BCUT2D eigenvalue weighted by molar-refractivity contribution is -0.136. The van der Waals surface area contributed by atoms with Crippen LogP contribution in [0.2, 0.25) is 0 Å². The maximum atomic E-state index is 13.6. The molecule has 0 amide bonds. The number of oxazole rings is 1. The maximum Gasteiger partial charge on any atom is 0.418 e. The number of hydrogen-bond donors (Lipinski definition) is 0. The fraction of sp³-hybridized carbons (Fsp3) is 0.316. The van der Waals surface area contributed by atoms with E-state index in [2.05, 4.69) is 9.97 Å². The van der Waals surface area contributed by atoms with Crippen LogP contribution in [0.4, 0.5) is 13.2 Å². The van der Waals surface area contributed by atoms with Gasteiger partial charge in [0.1, 0.15) is 5.52 Å². The number of nitrogens with zero attached hydrogens (tertiary/aromatic N) is 2. The van der Waals surface area contributed by atoms with E-state index in [0.717, 1.165) is 6.07 Å². The molecule has 0 aliphatic heterocycles. The number of rotatable bonds is 6. The molecule has 3 rings (SSSR count). The maximum absolute atomic E-state index is 13.6. The second-order valence-electron chi connectivity index (χ2n) is 6.13. The summed E-state index contributed by atoms with van der Waals surface area (Å²) in [6.07, 6.45) is -6.11. The molecule has 0 saturated heterocycles. The van der Waals surface area contributed by atoms with E-state index < -0.39 is 29.4 Å². The van der Waals surface area contributed by atoms with Crippen molar-refractivity contribution >= 4 is 17.0 Å². The Bertz CT molecular complexity index is 1060. The van der Waals surface area contributed by atoms with Crippen molar-refractivity contribution < 1.29 is 36.6 Å². The van der Waals surface area contributed by atoms with Gasteiger partial charge in [0.25, 0.3) is 5.71 Å². The van der Waals surface area contributed by atoms with E-state index in [9.17, 15) is 18.0 Å². The van der Waals surface area contributed by atoms with Crippen LogP contribution in [0.1, 0.15) is 19.4 Å². The highest BCUT2D eigenvalue weighted by molar-refractivity contribution is 5.81. The number of Topliss-reactive ketones (excluding diaryl/α,β-unsaturated/α-hetero) is 1. The van der Waals surface area contributed by atoms with Gasteiger partial charge in [-0.15, -0.1) is 0 Å². The van der Waals surface area contributed by atoms with Gasteiger partial charge in [-0.1, -0.05) is 0 Å². The molecule has 0 N–H and O–H groups in total. The quantitative estimate of drug-likeness (QED) is 0.600. The minimum atomic E-state index is -4.72. The third-order valence-corrected chi connectivity index (χ3v) is 4.18. The summed E-state index contributed by atoms with van der Waals surface area (Å²) in [7, 11) is 2.86. The summed E-state index contributed by atoms with van der Waals surface area (Å²) >= 11 is 0. The third-order valence-electron chi connectivity index (χ3n) is 4.18. The summed E-state index contributed by atoms with van der Waals surface area (Å²) < 4.78 is 61.6. The molecule has 7 nitrogen and oxygen atoms in total. The number of ketones is 1. The van der Waals surface area contributed by atoms with Crippen LogP contribution in [0.5, 0.6) is 17.6 Å². The standard InChI is InChI=1S/C19H17F3N2O5/c1-9(25)10(2)28-18-24-16-12(19(20,21)22)8-13(23-17(16)29-18)11-5-6-14(26-3)15(7-11)27-4/h5-8,10H,1-4H3. The highest BCUT2D eigenvalue weighted by Crippen LogP contribution is 2.39. The minimum absolute atomic E-state index is 0.00639. The van der Waals surface area contributed by atoms with Gasteiger partial charge < -0.3 is 18.6 Å². The van der Waals surface area contributed by atoms with Crippen molar-refractivity contribution in [3.8, 4) is 28.8 Å². The number of ether oxygens (including phenoxy) is 3. The lowest BCUT2D eigenvalue weighted by atomic mass is 10.1. The fourth-order valence-electron chi connectivity index (χ4n) is 2.54. The van der Waals surface area contributed by atoms with Crippen LogP contribution in [0.25, 0.3) is 22.5 Å². The van der Waals surface area contributed by atoms with E-state index in [1.807, 2.05) is 0 Å². The summed E-state index contributed by atoms with van der Waals surface area (Å²) in [4.78, 5) is 19.2. The molecule has 2 aromatic heterocycles. The zero-order valence-corrected chi connectivity index (χ0v) is 16.0. The van der Waals surface area contributed by atoms with E-state index in [1.165, 1.54) is 34.1 Å². The molecule has 10 heteroatoms. The van der Waals surface area contributed by atoms with Crippen molar-refractivity contribution in [1.82, 2.24) is 9.97 Å². The van der Waals surface area contributed by atoms with E-state index >= 15 is 0 Å². The molecule has 0 bridgehead atoms. The average Bonchev–Trinajstić information content (AvgIpc) is 3.07. The van der Waals surface area contributed by atoms with Crippen LogP contribution >= 0.6 is 0 Å². The summed E-state index contributed by atoms with van der Waals surface area (Å²) in [5, 5.41) is 0. The number of benzene rings is 1. The summed E-state index contributed by atoms with van der Waals surface area (Å²) in [5.41, 5.74) is -1.57. The molecule has 29 heavy (non-hydrogen) atoms. The number of carbonyl (C=O) groups is 1. The van der Waals surface area contributed by atoms with Crippen LogP contribution in [0, 0.1) is 0 Å². The topological polar surface area (TPSA) is 83.7 Å².